The first-order valence-electron chi connectivity index (χ1n) is 22.2. The maximum absolute atomic E-state index is 5.48. The molecule has 0 fully saturated rings. The van der Waals surface area contributed by atoms with Gasteiger partial charge in [0.25, 0.3) is 0 Å². The van der Waals surface area contributed by atoms with Crippen LogP contribution in [-0.4, -0.2) is 4.98 Å². The molecule has 0 amide bonds. The number of aromatic nitrogens is 1. The molecule has 0 bridgehead atoms. The Morgan fingerprint density at radius 1 is 0.328 bits per heavy atom. The molecule has 1 aromatic heterocycles. The molecule has 1 heterocycles. The van der Waals surface area contributed by atoms with Crippen LogP contribution in [0.5, 0.6) is 0 Å². The fourth-order valence-electron chi connectivity index (χ4n) is 9.86. The van der Waals surface area contributed by atoms with E-state index in [1.807, 2.05) is 0 Å². The molecule has 64 heavy (non-hydrogen) atoms. The van der Waals surface area contributed by atoms with Gasteiger partial charge in [-0.05, 0) is 97.0 Å². The minimum atomic E-state index is 1.02. The molecular formula is C63H45N. The van der Waals surface area contributed by atoms with Gasteiger partial charge in [0.15, 0.2) is 0 Å². The smallest absolute Gasteiger partial charge is 0.0794 e. The lowest BCUT2D eigenvalue weighted by atomic mass is 9.74. The number of fused-ring (bicyclic) bond motifs is 6. The van der Waals surface area contributed by atoms with Crippen molar-refractivity contribution in [1.82, 2.24) is 4.98 Å². The van der Waals surface area contributed by atoms with Gasteiger partial charge in [0.05, 0.1) is 11.0 Å². The SMILES string of the molecule is C/C=C\C=C(/C)c1c(-c2ccccc2)c(-c2ccccc2)c(-c2ccccc2)c(-c2ccccc2)c1-c1ccc(-c2c3ccc4ccccc4c3nc3c2ccc2ccccc23)cc1. The van der Waals surface area contributed by atoms with E-state index in [4.69, 9.17) is 4.98 Å². The van der Waals surface area contributed by atoms with E-state index in [2.05, 4.69) is 250 Å². The van der Waals surface area contributed by atoms with Gasteiger partial charge < -0.3 is 0 Å². The summed E-state index contributed by atoms with van der Waals surface area (Å²) in [5, 5.41) is 6.99. The average molecular weight is 816 g/mol. The summed E-state index contributed by atoms with van der Waals surface area (Å²) in [6.45, 7) is 4.36. The highest BCUT2D eigenvalue weighted by Gasteiger charge is 2.29. The Kier molecular flexibility index (Phi) is 10.1. The lowest BCUT2D eigenvalue weighted by molar-refractivity contribution is 1.48. The highest BCUT2D eigenvalue weighted by Crippen LogP contribution is 2.54. The molecule has 302 valence electrons. The Morgan fingerprint density at radius 2 is 0.672 bits per heavy atom. The highest BCUT2D eigenvalue weighted by atomic mass is 14.7. The molecule has 0 atom stereocenters. The molecule has 1 heteroatoms. The molecule has 0 aliphatic heterocycles. The van der Waals surface area contributed by atoms with Crippen molar-refractivity contribution < 1.29 is 0 Å². The number of benzene rings is 10. The van der Waals surface area contributed by atoms with Crippen LogP contribution in [0.3, 0.4) is 0 Å². The van der Waals surface area contributed by atoms with Crippen LogP contribution in [0.15, 0.2) is 237 Å². The predicted molar refractivity (Wildman–Crippen MR) is 275 cm³/mol. The summed E-state index contributed by atoms with van der Waals surface area (Å²) in [5.74, 6) is 0. The van der Waals surface area contributed by atoms with Gasteiger partial charge in [-0.2, -0.15) is 0 Å². The summed E-state index contributed by atoms with van der Waals surface area (Å²) >= 11 is 0. The molecule has 10 aromatic carbocycles. The molecular weight excluding hydrogens is 771 g/mol. The van der Waals surface area contributed by atoms with Gasteiger partial charge in [0.1, 0.15) is 0 Å². The first kappa shape index (κ1) is 38.8. The van der Waals surface area contributed by atoms with E-state index in [-0.39, 0.29) is 0 Å². The van der Waals surface area contributed by atoms with Crippen molar-refractivity contribution in [2.75, 3.05) is 0 Å². The molecule has 0 aliphatic rings. The van der Waals surface area contributed by atoms with E-state index >= 15 is 0 Å². The molecule has 0 spiro atoms. The van der Waals surface area contributed by atoms with E-state index in [1.54, 1.807) is 0 Å². The number of nitrogens with zero attached hydrogens (tertiary/aromatic N) is 1. The van der Waals surface area contributed by atoms with Crippen LogP contribution >= 0.6 is 0 Å². The maximum Gasteiger partial charge on any atom is 0.0794 e. The Labute approximate surface area is 375 Å². The van der Waals surface area contributed by atoms with Crippen molar-refractivity contribution in [3.63, 3.8) is 0 Å². The third kappa shape index (κ3) is 6.70. The number of hydrogen-bond acceptors (Lipinski definition) is 1. The van der Waals surface area contributed by atoms with Crippen LogP contribution in [0.25, 0.3) is 116 Å². The second-order valence-electron chi connectivity index (χ2n) is 16.5. The van der Waals surface area contributed by atoms with E-state index < -0.39 is 0 Å². The average Bonchev–Trinajstić information content (AvgIpc) is 3.37. The van der Waals surface area contributed by atoms with Crippen molar-refractivity contribution in [3.8, 4) is 66.8 Å². The Balaban J connectivity index is 1.28. The van der Waals surface area contributed by atoms with Gasteiger partial charge in [-0.3, -0.25) is 0 Å². The van der Waals surface area contributed by atoms with Crippen molar-refractivity contribution in [3.05, 3.63) is 242 Å². The molecule has 0 radical (unpaired) electrons. The first-order valence-corrected chi connectivity index (χ1v) is 22.2. The molecule has 11 aromatic rings. The molecule has 0 aliphatic carbocycles. The zero-order valence-corrected chi connectivity index (χ0v) is 36.0. The minimum absolute atomic E-state index is 1.02. The third-order valence-electron chi connectivity index (χ3n) is 12.7. The largest absolute Gasteiger partial charge is 0.246 e. The van der Waals surface area contributed by atoms with Crippen molar-refractivity contribution in [1.29, 1.82) is 0 Å². The summed E-state index contributed by atoms with van der Waals surface area (Å²) in [6, 6.07) is 79.6. The van der Waals surface area contributed by atoms with Crippen LogP contribution in [0.1, 0.15) is 19.4 Å². The van der Waals surface area contributed by atoms with E-state index in [0.29, 0.717) is 0 Å². The zero-order valence-electron chi connectivity index (χ0n) is 36.0. The third-order valence-corrected chi connectivity index (χ3v) is 12.7. The molecule has 0 saturated carbocycles. The van der Waals surface area contributed by atoms with E-state index in [1.165, 1.54) is 77.5 Å². The summed E-state index contributed by atoms with van der Waals surface area (Å²) in [4.78, 5) is 5.48. The quantitative estimate of drug-likeness (QED) is 0.0846. The van der Waals surface area contributed by atoms with Gasteiger partial charge in [-0.25, -0.2) is 4.98 Å². The van der Waals surface area contributed by atoms with Gasteiger partial charge >= 0.3 is 0 Å². The van der Waals surface area contributed by atoms with Crippen LogP contribution < -0.4 is 0 Å². The molecule has 0 N–H and O–H groups in total. The Hall–Kier alpha value is -8.13. The summed E-state index contributed by atoms with van der Waals surface area (Å²) < 4.78 is 0. The second kappa shape index (κ2) is 16.6. The normalized spacial score (nSPS) is 11.9. The van der Waals surface area contributed by atoms with Crippen molar-refractivity contribution >= 4 is 48.9 Å². The predicted octanol–water partition coefficient (Wildman–Crippen LogP) is 17.7. The zero-order chi connectivity index (χ0) is 43.0. The number of pyridine rings is 1. The van der Waals surface area contributed by atoms with Gasteiger partial charge in [0.2, 0.25) is 0 Å². The molecule has 11 rings (SSSR count). The summed E-state index contributed by atoms with van der Waals surface area (Å²) in [5.41, 5.74) is 18.7. The highest BCUT2D eigenvalue weighted by molar-refractivity contribution is 6.21. The Morgan fingerprint density at radius 3 is 1.09 bits per heavy atom. The van der Waals surface area contributed by atoms with Crippen LogP contribution in [0.4, 0.5) is 0 Å². The maximum atomic E-state index is 5.48. The molecule has 1 nitrogen and oxygen atoms in total. The van der Waals surface area contributed by atoms with Gasteiger partial charge in [0, 0.05) is 27.1 Å². The summed E-state index contributed by atoms with van der Waals surface area (Å²) in [7, 11) is 0. The van der Waals surface area contributed by atoms with Crippen LogP contribution in [-0.2, 0) is 0 Å². The van der Waals surface area contributed by atoms with Crippen LogP contribution in [0, 0.1) is 0 Å². The van der Waals surface area contributed by atoms with Gasteiger partial charge in [-0.1, -0.05) is 237 Å². The summed E-state index contributed by atoms with van der Waals surface area (Å²) in [6.07, 6.45) is 6.55. The van der Waals surface area contributed by atoms with E-state index in [0.717, 1.165) is 43.7 Å². The van der Waals surface area contributed by atoms with Crippen molar-refractivity contribution in [2.24, 2.45) is 0 Å². The van der Waals surface area contributed by atoms with Gasteiger partial charge in [-0.15, -0.1) is 0 Å². The van der Waals surface area contributed by atoms with E-state index in [9.17, 15) is 0 Å². The van der Waals surface area contributed by atoms with Crippen LogP contribution in [0.2, 0.25) is 0 Å². The molecule has 0 saturated heterocycles. The second-order valence-corrected chi connectivity index (χ2v) is 16.5. The number of allylic oxidation sites excluding steroid dienone is 4. The molecule has 0 unspecified atom stereocenters. The van der Waals surface area contributed by atoms with Crippen molar-refractivity contribution in [2.45, 2.75) is 13.8 Å². The monoisotopic (exact) mass is 815 g/mol. The number of rotatable bonds is 8. The lowest BCUT2D eigenvalue weighted by Crippen LogP contribution is -2.03. The minimum Gasteiger partial charge on any atom is -0.246 e. The lowest BCUT2D eigenvalue weighted by Gasteiger charge is -2.29. The Bertz CT molecular complexity index is 3470. The first-order chi connectivity index (χ1) is 31.7. The number of hydrogen-bond donors (Lipinski definition) is 0. The standard InChI is InChI=1S/C63H45N/c1-3-4-21-42(2)55-57(45-24-9-5-10-25-45)59(46-26-11-6-12-27-46)61(48-30-15-8-16-31-48)60(47-28-13-7-14-29-47)58(55)50-36-34-49(35-37-50)56-53-40-38-43-22-17-19-32-51(43)62(53)64-63-52-33-20-18-23-44(52)39-41-54(56)63/h3-41H,1-2H3/b4-3-,42-21+. The topological polar surface area (TPSA) is 12.9 Å². The fourth-order valence-corrected chi connectivity index (χ4v) is 9.86. The fraction of sp³-hybridized carbons (Fsp3) is 0.0317.